The van der Waals surface area contributed by atoms with Crippen LogP contribution in [-0.2, 0) is 11.3 Å². The average Bonchev–Trinajstić information content (AvgIpc) is 2.28. The lowest BCUT2D eigenvalue weighted by atomic mass is 10.2. The third-order valence-corrected chi connectivity index (χ3v) is 2.34. The fraction of sp³-hybridized carbons (Fsp3) is 0.273. The van der Waals surface area contributed by atoms with Crippen molar-refractivity contribution in [2.45, 2.75) is 19.5 Å². The van der Waals surface area contributed by atoms with E-state index in [2.05, 4.69) is 10.6 Å². The maximum atomic E-state index is 11.3. The van der Waals surface area contributed by atoms with E-state index in [1.165, 1.54) is 6.92 Å². The van der Waals surface area contributed by atoms with Crippen molar-refractivity contribution in [3.63, 3.8) is 0 Å². The van der Waals surface area contributed by atoms with Gasteiger partial charge in [-0.1, -0.05) is 23.7 Å². The summed E-state index contributed by atoms with van der Waals surface area (Å²) in [4.78, 5) is 21.8. The minimum Gasteiger partial charge on any atom is -0.480 e. The molecule has 0 unspecified atom stereocenters. The van der Waals surface area contributed by atoms with Crippen molar-refractivity contribution in [3.05, 3.63) is 34.9 Å². The second kappa shape index (κ2) is 6.10. The standard InChI is InChI=1S/C11H13ClN2O3/c1-7(10(15)16)14-11(17)13-6-8-2-4-9(12)5-3-8/h2-5,7H,6H2,1H3,(H,15,16)(H2,13,14,17)/t7-/m1/s1. The Labute approximate surface area is 104 Å². The Morgan fingerprint density at radius 1 is 1.35 bits per heavy atom. The molecule has 1 aromatic carbocycles. The minimum atomic E-state index is -1.08. The molecule has 0 spiro atoms. The molecule has 2 amide bonds. The molecular formula is C11H13ClN2O3. The van der Waals surface area contributed by atoms with Gasteiger partial charge in [-0.2, -0.15) is 0 Å². The first-order chi connectivity index (χ1) is 7.99. The minimum absolute atomic E-state index is 0.315. The second-order valence-electron chi connectivity index (χ2n) is 3.51. The van der Waals surface area contributed by atoms with Crippen molar-refractivity contribution < 1.29 is 14.7 Å². The van der Waals surface area contributed by atoms with E-state index in [4.69, 9.17) is 16.7 Å². The quantitative estimate of drug-likeness (QED) is 0.766. The number of rotatable bonds is 4. The van der Waals surface area contributed by atoms with E-state index >= 15 is 0 Å². The SMILES string of the molecule is C[C@@H](NC(=O)NCc1ccc(Cl)cc1)C(=O)O. The Morgan fingerprint density at radius 3 is 2.47 bits per heavy atom. The van der Waals surface area contributed by atoms with Crippen molar-refractivity contribution in [2.24, 2.45) is 0 Å². The van der Waals surface area contributed by atoms with Gasteiger partial charge in [0.25, 0.3) is 0 Å². The molecule has 0 aliphatic carbocycles. The van der Waals surface area contributed by atoms with Crippen molar-refractivity contribution in [3.8, 4) is 0 Å². The van der Waals surface area contributed by atoms with Gasteiger partial charge in [0.1, 0.15) is 6.04 Å². The molecule has 1 atom stereocenters. The molecule has 1 aromatic rings. The van der Waals surface area contributed by atoms with Crippen LogP contribution in [0.25, 0.3) is 0 Å². The van der Waals surface area contributed by atoms with Gasteiger partial charge in [0.2, 0.25) is 0 Å². The molecular weight excluding hydrogens is 244 g/mol. The highest BCUT2D eigenvalue weighted by Crippen LogP contribution is 2.08. The summed E-state index contributed by atoms with van der Waals surface area (Å²) in [5.41, 5.74) is 0.882. The fourth-order valence-electron chi connectivity index (χ4n) is 1.09. The second-order valence-corrected chi connectivity index (χ2v) is 3.95. The number of hydrogen-bond acceptors (Lipinski definition) is 2. The molecule has 0 heterocycles. The maximum Gasteiger partial charge on any atom is 0.325 e. The van der Waals surface area contributed by atoms with E-state index in [1.54, 1.807) is 24.3 Å². The summed E-state index contributed by atoms with van der Waals surface area (Å²) in [6, 6.07) is 5.56. The van der Waals surface area contributed by atoms with Crippen LogP contribution in [0.1, 0.15) is 12.5 Å². The van der Waals surface area contributed by atoms with E-state index in [9.17, 15) is 9.59 Å². The highest BCUT2D eigenvalue weighted by atomic mass is 35.5. The Hall–Kier alpha value is -1.75. The van der Waals surface area contributed by atoms with E-state index < -0.39 is 18.0 Å². The van der Waals surface area contributed by atoms with E-state index in [-0.39, 0.29) is 0 Å². The smallest absolute Gasteiger partial charge is 0.325 e. The number of halogens is 1. The van der Waals surface area contributed by atoms with Gasteiger partial charge in [-0.05, 0) is 24.6 Å². The van der Waals surface area contributed by atoms with Gasteiger partial charge in [-0.15, -0.1) is 0 Å². The predicted octanol–water partition coefficient (Wildman–Crippen LogP) is 1.61. The van der Waals surface area contributed by atoms with Crippen molar-refractivity contribution in [2.75, 3.05) is 0 Å². The van der Waals surface area contributed by atoms with Crippen molar-refractivity contribution >= 4 is 23.6 Å². The average molecular weight is 257 g/mol. The van der Waals surface area contributed by atoms with Crippen LogP contribution in [0.5, 0.6) is 0 Å². The van der Waals surface area contributed by atoms with Crippen molar-refractivity contribution in [1.82, 2.24) is 10.6 Å². The Balaban J connectivity index is 2.38. The predicted molar refractivity (Wildman–Crippen MR) is 63.9 cm³/mol. The highest BCUT2D eigenvalue weighted by Gasteiger charge is 2.12. The molecule has 6 heteroatoms. The topological polar surface area (TPSA) is 78.4 Å². The van der Waals surface area contributed by atoms with Gasteiger partial charge in [-0.3, -0.25) is 4.79 Å². The number of carbonyl (C=O) groups is 2. The molecule has 5 nitrogen and oxygen atoms in total. The summed E-state index contributed by atoms with van der Waals surface area (Å²) < 4.78 is 0. The normalized spacial score (nSPS) is 11.6. The number of nitrogens with one attached hydrogen (secondary N) is 2. The molecule has 0 radical (unpaired) electrons. The van der Waals surface area contributed by atoms with Crippen LogP contribution in [0, 0.1) is 0 Å². The number of carbonyl (C=O) groups excluding carboxylic acids is 1. The molecule has 92 valence electrons. The van der Waals surface area contributed by atoms with E-state index in [0.29, 0.717) is 11.6 Å². The first-order valence-corrected chi connectivity index (χ1v) is 5.38. The summed E-state index contributed by atoms with van der Waals surface area (Å²) in [6.07, 6.45) is 0. The van der Waals surface area contributed by atoms with Crippen LogP contribution in [0.2, 0.25) is 5.02 Å². The van der Waals surface area contributed by atoms with Crippen LogP contribution in [-0.4, -0.2) is 23.1 Å². The number of aliphatic carboxylic acids is 1. The molecule has 0 saturated carbocycles. The Bertz CT molecular complexity index is 406. The van der Waals surface area contributed by atoms with Crippen LogP contribution in [0.3, 0.4) is 0 Å². The number of carboxylic acids is 1. The zero-order valence-electron chi connectivity index (χ0n) is 9.24. The number of benzene rings is 1. The van der Waals surface area contributed by atoms with Crippen LogP contribution in [0.15, 0.2) is 24.3 Å². The van der Waals surface area contributed by atoms with Gasteiger partial charge in [-0.25, -0.2) is 4.79 Å². The number of urea groups is 1. The third kappa shape index (κ3) is 4.74. The molecule has 0 aliphatic heterocycles. The van der Waals surface area contributed by atoms with Crippen LogP contribution in [0.4, 0.5) is 4.79 Å². The third-order valence-electron chi connectivity index (χ3n) is 2.08. The molecule has 0 aromatic heterocycles. The number of hydrogen-bond donors (Lipinski definition) is 3. The number of carboxylic acid groups (broad SMARTS) is 1. The largest absolute Gasteiger partial charge is 0.480 e. The zero-order chi connectivity index (χ0) is 12.8. The Kier molecular flexibility index (Phi) is 4.78. The first kappa shape index (κ1) is 13.3. The lowest BCUT2D eigenvalue weighted by Gasteiger charge is -2.10. The molecule has 0 saturated heterocycles. The lowest BCUT2D eigenvalue weighted by molar-refractivity contribution is -0.138. The summed E-state index contributed by atoms with van der Waals surface area (Å²) in [6.45, 7) is 1.71. The maximum absolute atomic E-state index is 11.3. The highest BCUT2D eigenvalue weighted by molar-refractivity contribution is 6.30. The van der Waals surface area contributed by atoms with Crippen LogP contribution >= 0.6 is 11.6 Å². The zero-order valence-corrected chi connectivity index (χ0v) is 9.99. The molecule has 0 aliphatic rings. The fourth-order valence-corrected chi connectivity index (χ4v) is 1.22. The van der Waals surface area contributed by atoms with Crippen molar-refractivity contribution in [1.29, 1.82) is 0 Å². The summed E-state index contributed by atoms with van der Waals surface area (Å²) >= 11 is 5.71. The molecule has 0 bridgehead atoms. The van der Waals surface area contributed by atoms with E-state index in [1.807, 2.05) is 0 Å². The Morgan fingerprint density at radius 2 is 1.94 bits per heavy atom. The first-order valence-electron chi connectivity index (χ1n) is 5.00. The number of amides is 2. The van der Waals surface area contributed by atoms with Gasteiger partial charge >= 0.3 is 12.0 Å². The molecule has 1 rings (SSSR count). The van der Waals surface area contributed by atoms with Gasteiger partial charge in [0, 0.05) is 11.6 Å². The molecule has 3 N–H and O–H groups in total. The van der Waals surface area contributed by atoms with Gasteiger partial charge < -0.3 is 15.7 Å². The van der Waals surface area contributed by atoms with Gasteiger partial charge in [0.15, 0.2) is 0 Å². The van der Waals surface area contributed by atoms with E-state index in [0.717, 1.165) is 5.56 Å². The molecule has 17 heavy (non-hydrogen) atoms. The molecule has 0 fully saturated rings. The van der Waals surface area contributed by atoms with Gasteiger partial charge in [0.05, 0.1) is 0 Å². The van der Waals surface area contributed by atoms with Crippen LogP contribution < -0.4 is 10.6 Å². The summed E-state index contributed by atoms with van der Waals surface area (Å²) in [5.74, 6) is -1.08. The summed E-state index contributed by atoms with van der Waals surface area (Å²) in [7, 11) is 0. The summed E-state index contributed by atoms with van der Waals surface area (Å²) in [5, 5.41) is 14.0. The monoisotopic (exact) mass is 256 g/mol. The lowest BCUT2D eigenvalue weighted by Crippen LogP contribution is -2.44.